The molecule has 1 N–H and O–H groups in total. The monoisotopic (exact) mass is 808 g/mol. The molecule has 0 radical (unpaired) electrons. The molecule has 0 aliphatic carbocycles. The second-order valence-electron chi connectivity index (χ2n) is 17.7. The van der Waals surface area contributed by atoms with Crippen molar-refractivity contribution >= 4 is 17.4 Å². The van der Waals surface area contributed by atoms with Gasteiger partial charge in [0, 0.05) is 13.2 Å². The Morgan fingerprint density at radius 1 is 0.436 bits per heavy atom. The molecule has 0 aromatic heterocycles. The minimum Gasteiger partial charge on any atom is -0.282 e. The van der Waals surface area contributed by atoms with Crippen molar-refractivity contribution in [2.24, 2.45) is 0 Å². The molecule has 324 valence electrons. The van der Waals surface area contributed by atoms with E-state index in [1.54, 1.807) is 6.07 Å². The van der Waals surface area contributed by atoms with E-state index < -0.39 is 17.4 Å². The van der Waals surface area contributed by atoms with E-state index in [1.165, 1.54) is 224 Å². The number of rotatable bonds is 41. The van der Waals surface area contributed by atoms with Gasteiger partial charge in [-0.1, -0.05) is 213 Å². The molecule has 1 aromatic rings. The molecule has 0 fully saturated rings. The lowest BCUT2D eigenvalue weighted by Gasteiger charge is -2.41. The molecule has 0 spiro atoms. The Bertz CT molecular complexity index is 1060. The summed E-state index contributed by atoms with van der Waals surface area (Å²) in [5.74, 6) is 0.211. The quantitative estimate of drug-likeness (QED) is 0.0407. The molecule has 0 saturated heterocycles. The zero-order valence-electron chi connectivity index (χ0n) is 37.7. The van der Waals surface area contributed by atoms with Crippen molar-refractivity contribution in [2.75, 3.05) is 18.5 Å². The molecule has 2 unspecified atom stereocenters. The molecule has 5 heteroatoms. The van der Waals surface area contributed by atoms with E-state index in [-0.39, 0.29) is 10.8 Å². The molecule has 1 aromatic carbocycles. The zero-order valence-corrected chi connectivity index (χ0v) is 39.5. The summed E-state index contributed by atoms with van der Waals surface area (Å²) in [7, 11) is -5.77. The average molecular weight is 808 g/mol. The lowest BCUT2D eigenvalue weighted by atomic mass is 9.87. The van der Waals surface area contributed by atoms with Gasteiger partial charge in [0.15, 0.2) is 0 Å². The first-order valence-corrected chi connectivity index (χ1v) is 28.6. The topological polar surface area (TPSA) is 54.4 Å². The maximum Gasteiger partial charge on any atom is 0.294 e. The molecule has 0 amide bonds. The van der Waals surface area contributed by atoms with E-state index >= 15 is 0 Å². The third-order valence-electron chi connectivity index (χ3n) is 12.9. The van der Waals surface area contributed by atoms with Gasteiger partial charge < -0.3 is 0 Å². The molecule has 2 atom stereocenters. The summed E-state index contributed by atoms with van der Waals surface area (Å²) in [6.45, 7) is 11.6. The lowest BCUT2D eigenvalue weighted by molar-refractivity contribution is 0.464. The van der Waals surface area contributed by atoms with Crippen LogP contribution in [0.1, 0.15) is 264 Å². The highest BCUT2D eigenvalue weighted by molar-refractivity contribution is 7.86. The Morgan fingerprint density at radius 3 is 1.11 bits per heavy atom. The maximum atomic E-state index is 13.1. The average Bonchev–Trinajstić information content (AvgIpc) is 3.18. The molecule has 0 aliphatic heterocycles. The number of hydrogen-bond acceptors (Lipinski definition) is 2. The van der Waals surface area contributed by atoms with E-state index in [4.69, 9.17) is 0 Å². The van der Waals surface area contributed by atoms with Crippen LogP contribution in [0.15, 0.2) is 29.2 Å². The SMILES string of the molecule is CCCCCCCCCCCCCC(C(CCCCCCCCCCC)c1ccccc1S(=O)(=O)O)[P+](CCCCCC)(CCCCCC)CCCCCC. The van der Waals surface area contributed by atoms with Gasteiger partial charge in [0.25, 0.3) is 10.1 Å². The Balaban J connectivity index is 3.53. The summed E-state index contributed by atoms with van der Waals surface area (Å²) in [5.41, 5.74) is 1.49. The van der Waals surface area contributed by atoms with E-state index in [2.05, 4.69) is 46.8 Å². The van der Waals surface area contributed by atoms with E-state index in [9.17, 15) is 13.0 Å². The van der Waals surface area contributed by atoms with Crippen LogP contribution in [-0.4, -0.2) is 37.1 Å². The van der Waals surface area contributed by atoms with E-state index in [1.807, 2.05) is 6.07 Å². The first-order chi connectivity index (χ1) is 26.8. The first-order valence-electron chi connectivity index (χ1n) is 24.7. The third kappa shape index (κ3) is 24.9. The molecule has 0 saturated carbocycles. The second-order valence-corrected chi connectivity index (χ2v) is 23.5. The Hall–Kier alpha value is -0.440. The highest BCUT2D eigenvalue weighted by atomic mass is 32.2. The van der Waals surface area contributed by atoms with Gasteiger partial charge in [-0.2, -0.15) is 8.42 Å². The van der Waals surface area contributed by atoms with Crippen LogP contribution < -0.4 is 0 Å². The summed E-state index contributed by atoms with van der Waals surface area (Å²) in [4.78, 5) is 0.195. The summed E-state index contributed by atoms with van der Waals surface area (Å²) in [6, 6.07) is 7.69. The van der Waals surface area contributed by atoms with Crippen molar-refractivity contribution < 1.29 is 13.0 Å². The van der Waals surface area contributed by atoms with Crippen LogP contribution in [0.2, 0.25) is 0 Å². The van der Waals surface area contributed by atoms with Crippen LogP contribution in [0, 0.1) is 0 Å². The predicted molar refractivity (Wildman–Crippen MR) is 250 cm³/mol. The third-order valence-corrected chi connectivity index (χ3v) is 19.4. The Morgan fingerprint density at radius 2 is 0.745 bits per heavy atom. The largest absolute Gasteiger partial charge is 0.294 e. The minimum absolute atomic E-state index is 0.195. The minimum atomic E-state index is -4.31. The zero-order chi connectivity index (χ0) is 40.3. The molecule has 55 heavy (non-hydrogen) atoms. The maximum absolute atomic E-state index is 13.1. The molecular formula is C50H96O3PS+. The normalized spacial score (nSPS) is 13.4. The number of benzene rings is 1. The van der Waals surface area contributed by atoms with Gasteiger partial charge in [0.1, 0.15) is 0 Å². The molecule has 0 bridgehead atoms. The highest BCUT2D eigenvalue weighted by Gasteiger charge is 2.48. The summed E-state index contributed by atoms with van der Waals surface area (Å²) in [5, 5.41) is 0. The van der Waals surface area contributed by atoms with Crippen molar-refractivity contribution in [2.45, 2.75) is 269 Å². The van der Waals surface area contributed by atoms with Gasteiger partial charge in [-0.05, 0) is 69.4 Å². The molecule has 0 aliphatic rings. The van der Waals surface area contributed by atoms with Gasteiger partial charge in [-0.15, -0.1) is 0 Å². The number of hydrogen-bond donors (Lipinski definition) is 1. The molecular weight excluding hydrogens is 712 g/mol. The predicted octanol–water partition coefficient (Wildman–Crippen LogP) is 17.8. The second kappa shape index (κ2) is 35.5. The Kier molecular flexibility index (Phi) is 33.9. The van der Waals surface area contributed by atoms with Crippen molar-refractivity contribution in [3.05, 3.63) is 29.8 Å². The lowest BCUT2D eigenvalue weighted by Crippen LogP contribution is -2.30. The van der Waals surface area contributed by atoms with Gasteiger partial charge >= 0.3 is 0 Å². The van der Waals surface area contributed by atoms with Crippen LogP contribution in [0.4, 0.5) is 0 Å². The number of unbranched alkanes of at least 4 members (excludes halogenated alkanes) is 27. The fraction of sp³-hybridized carbons (Fsp3) is 0.880. The summed E-state index contributed by atoms with van der Waals surface area (Å²) < 4.78 is 36.9. The van der Waals surface area contributed by atoms with Crippen molar-refractivity contribution in [3.63, 3.8) is 0 Å². The van der Waals surface area contributed by atoms with Crippen molar-refractivity contribution in [3.8, 4) is 0 Å². The fourth-order valence-electron chi connectivity index (χ4n) is 9.52. The van der Waals surface area contributed by atoms with E-state index in [0.29, 0.717) is 5.66 Å². The van der Waals surface area contributed by atoms with Crippen molar-refractivity contribution in [1.82, 2.24) is 0 Å². The van der Waals surface area contributed by atoms with Crippen LogP contribution >= 0.6 is 7.26 Å². The Labute approximate surface area is 346 Å². The highest BCUT2D eigenvalue weighted by Crippen LogP contribution is 2.69. The van der Waals surface area contributed by atoms with Gasteiger partial charge in [-0.25, -0.2) is 0 Å². The van der Waals surface area contributed by atoms with E-state index in [0.717, 1.165) is 18.4 Å². The summed E-state index contributed by atoms with van der Waals surface area (Å²) in [6.07, 6.45) is 48.9. The van der Waals surface area contributed by atoms with Gasteiger partial charge in [0.2, 0.25) is 0 Å². The van der Waals surface area contributed by atoms with Crippen LogP contribution in [0.3, 0.4) is 0 Å². The van der Waals surface area contributed by atoms with Crippen LogP contribution in [0.25, 0.3) is 0 Å². The van der Waals surface area contributed by atoms with Crippen LogP contribution in [0.5, 0.6) is 0 Å². The molecule has 0 heterocycles. The smallest absolute Gasteiger partial charge is 0.282 e. The van der Waals surface area contributed by atoms with Crippen molar-refractivity contribution in [1.29, 1.82) is 0 Å². The molecule has 1 rings (SSSR count). The fourth-order valence-corrected chi connectivity index (χ4v) is 16.3. The first kappa shape index (κ1) is 52.6. The van der Waals surface area contributed by atoms with Gasteiger partial charge in [0.05, 0.1) is 29.0 Å². The van der Waals surface area contributed by atoms with Crippen LogP contribution in [-0.2, 0) is 10.1 Å². The standard InChI is InChI=1S/C50H95O3PS/c1-6-11-16-21-23-25-26-28-30-32-34-42-49(54(44-37-18-13-8-3,45-38-19-14-9-4)46-39-20-15-10-5)47(40-33-31-29-27-24-22-17-12-7-2)48-41-35-36-43-50(48)55(51,52)53/h35-36,41,43,47,49H,6-34,37-40,42,44-46H2,1-5H3/p+1. The molecule has 3 nitrogen and oxygen atoms in total. The van der Waals surface area contributed by atoms with Gasteiger partial charge in [-0.3, -0.25) is 4.55 Å². The summed E-state index contributed by atoms with van der Waals surface area (Å²) >= 11 is 0.